The molecular formula is C28H30FN7O. The molecule has 0 saturated carbocycles. The normalized spacial score (nSPS) is 14.7. The van der Waals surface area contributed by atoms with Crippen LogP contribution in [-0.2, 0) is 0 Å². The zero-order valence-electron chi connectivity index (χ0n) is 21.0. The highest BCUT2D eigenvalue weighted by Gasteiger charge is 2.19. The molecule has 1 saturated heterocycles. The number of fused-ring (bicyclic) bond motifs is 2. The van der Waals surface area contributed by atoms with Gasteiger partial charge in [0.1, 0.15) is 18.2 Å². The number of H-pyrrole nitrogens is 2. The number of nitrogens with zero attached hydrogens (tertiary/aromatic N) is 4. The fourth-order valence-electron chi connectivity index (χ4n) is 5.05. The number of benzene rings is 1. The summed E-state index contributed by atoms with van der Waals surface area (Å²) in [6.07, 6.45) is 5.90. The minimum Gasteiger partial charge on any atom is -0.492 e. The number of halogens is 1. The molecule has 3 N–H and O–H groups in total. The topological polar surface area (TPSA) is 94.8 Å². The Kier molecular flexibility index (Phi) is 6.31. The largest absolute Gasteiger partial charge is 0.492 e. The summed E-state index contributed by atoms with van der Waals surface area (Å²) in [5, 5.41) is 12.9. The Morgan fingerprint density at radius 1 is 1.05 bits per heavy atom. The Morgan fingerprint density at radius 3 is 2.76 bits per heavy atom. The van der Waals surface area contributed by atoms with Crippen molar-refractivity contribution in [2.24, 2.45) is 0 Å². The second-order valence-electron chi connectivity index (χ2n) is 9.89. The lowest BCUT2D eigenvalue weighted by molar-refractivity contribution is 0.260. The van der Waals surface area contributed by atoms with Crippen LogP contribution in [0.2, 0.25) is 0 Å². The highest BCUT2D eigenvalue weighted by Crippen LogP contribution is 2.35. The fourth-order valence-corrected chi connectivity index (χ4v) is 5.05. The number of pyridine rings is 2. The van der Waals surface area contributed by atoms with Gasteiger partial charge in [-0.2, -0.15) is 5.10 Å². The number of aromatic amines is 2. The lowest BCUT2D eigenvalue weighted by Gasteiger charge is -2.22. The van der Waals surface area contributed by atoms with Crippen molar-refractivity contribution < 1.29 is 9.13 Å². The van der Waals surface area contributed by atoms with E-state index in [0.29, 0.717) is 35.2 Å². The summed E-state index contributed by atoms with van der Waals surface area (Å²) in [5.74, 6) is 0.631. The van der Waals surface area contributed by atoms with Gasteiger partial charge in [-0.1, -0.05) is 0 Å². The van der Waals surface area contributed by atoms with E-state index in [2.05, 4.69) is 36.5 Å². The minimum atomic E-state index is -0.358. The molecule has 0 aliphatic carbocycles. The minimum absolute atomic E-state index is 0.358. The van der Waals surface area contributed by atoms with Gasteiger partial charge in [0.2, 0.25) is 0 Å². The van der Waals surface area contributed by atoms with Crippen molar-refractivity contribution in [1.82, 2.24) is 35.4 Å². The number of hydrogen-bond donors (Lipinski definition) is 3. The molecule has 37 heavy (non-hydrogen) atoms. The van der Waals surface area contributed by atoms with E-state index < -0.39 is 0 Å². The van der Waals surface area contributed by atoms with E-state index >= 15 is 0 Å². The summed E-state index contributed by atoms with van der Waals surface area (Å²) in [4.78, 5) is 14.8. The monoisotopic (exact) mass is 499 g/mol. The summed E-state index contributed by atoms with van der Waals surface area (Å²) in [7, 11) is 3.95. The Bertz CT molecular complexity index is 1550. The van der Waals surface area contributed by atoms with Crippen molar-refractivity contribution in [1.29, 1.82) is 0 Å². The average molecular weight is 500 g/mol. The molecule has 1 aliphatic heterocycles. The number of likely N-dealkylation sites (N-methyl/N-ethyl adjacent to an activating group) is 1. The summed E-state index contributed by atoms with van der Waals surface area (Å²) in [5.41, 5.74) is 5.97. The fraction of sp³-hybridized carbons (Fsp3) is 0.321. The maximum atomic E-state index is 14.5. The van der Waals surface area contributed by atoms with Crippen LogP contribution in [0.3, 0.4) is 0 Å². The summed E-state index contributed by atoms with van der Waals surface area (Å²) in [6.45, 7) is 3.28. The second kappa shape index (κ2) is 9.91. The smallest absolute Gasteiger partial charge is 0.181 e. The van der Waals surface area contributed by atoms with Gasteiger partial charge >= 0.3 is 0 Å². The lowest BCUT2D eigenvalue weighted by Crippen LogP contribution is -2.26. The first-order valence-corrected chi connectivity index (χ1v) is 12.7. The molecule has 0 amide bonds. The molecule has 8 nitrogen and oxygen atoms in total. The third-order valence-electron chi connectivity index (χ3n) is 7.01. The van der Waals surface area contributed by atoms with Crippen LogP contribution in [0.1, 0.15) is 24.3 Å². The maximum absolute atomic E-state index is 14.5. The predicted octanol–water partition coefficient (Wildman–Crippen LogP) is 4.71. The van der Waals surface area contributed by atoms with Crippen LogP contribution < -0.4 is 10.1 Å². The van der Waals surface area contributed by atoms with Crippen molar-refractivity contribution in [2.75, 3.05) is 40.3 Å². The van der Waals surface area contributed by atoms with Crippen molar-refractivity contribution in [3.8, 4) is 28.4 Å². The number of piperidine rings is 1. The van der Waals surface area contributed by atoms with Gasteiger partial charge < -0.3 is 19.9 Å². The van der Waals surface area contributed by atoms with Crippen molar-refractivity contribution in [2.45, 2.75) is 18.8 Å². The van der Waals surface area contributed by atoms with Gasteiger partial charge in [0, 0.05) is 46.9 Å². The second-order valence-corrected chi connectivity index (χ2v) is 9.89. The van der Waals surface area contributed by atoms with Crippen LogP contribution in [-0.4, -0.2) is 70.4 Å². The maximum Gasteiger partial charge on any atom is 0.181 e. The first kappa shape index (κ1) is 23.6. The van der Waals surface area contributed by atoms with E-state index in [1.165, 1.54) is 17.7 Å². The number of nitrogens with one attached hydrogen (secondary N) is 3. The van der Waals surface area contributed by atoms with Gasteiger partial charge in [-0.3, -0.25) is 10.1 Å². The third-order valence-corrected chi connectivity index (χ3v) is 7.01. The molecule has 5 aromatic rings. The first-order chi connectivity index (χ1) is 18.0. The molecule has 6 rings (SSSR count). The van der Waals surface area contributed by atoms with Crippen LogP contribution in [0.5, 0.6) is 5.75 Å². The molecule has 1 fully saturated rings. The quantitative estimate of drug-likeness (QED) is 0.300. The number of hydrogen-bond acceptors (Lipinski definition) is 6. The molecule has 5 heterocycles. The van der Waals surface area contributed by atoms with Crippen LogP contribution in [0.25, 0.3) is 44.6 Å². The number of aromatic nitrogens is 5. The van der Waals surface area contributed by atoms with Crippen LogP contribution in [0.4, 0.5) is 4.39 Å². The zero-order chi connectivity index (χ0) is 25.4. The highest BCUT2D eigenvalue weighted by molar-refractivity contribution is 5.99. The van der Waals surface area contributed by atoms with Gasteiger partial charge in [0.05, 0.1) is 17.1 Å². The number of rotatable bonds is 7. The highest BCUT2D eigenvalue weighted by atomic mass is 19.1. The molecule has 1 aliphatic rings. The van der Waals surface area contributed by atoms with Crippen LogP contribution in [0, 0.1) is 5.82 Å². The van der Waals surface area contributed by atoms with E-state index in [0.717, 1.165) is 60.2 Å². The van der Waals surface area contributed by atoms with E-state index in [9.17, 15) is 4.39 Å². The SMILES string of the molecule is CN(C)CCOc1cc(F)cc(-c2nccc3[nH]c(-c4[nH]nc5ncc(C6CCNCC6)cc45)cc23)c1. The van der Waals surface area contributed by atoms with Gasteiger partial charge in [-0.15, -0.1) is 0 Å². The zero-order valence-corrected chi connectivity index (χ0v) is 21.0. The lowest BCUT2D eigenvalue weighted by atomic mass is 9.91. The molecule has 0 bridgehead atoms. The molecule has 0 unspecified atom stereocenters. The summed E-state index contributed by atoms with van der Waals surface area (Å²) >= 11 is 0. The van der Waals surface area contributed by atoms with Gasteiger partial charge in [-0.25, -0.2) is 9.37 Å². The van der Waals surface area contributed by atoms with Gasteiger partial charge in [0.25, 0.3) is 0 Å². The molecular weight excluding hydrogens is 469 g/mol. The molecule has 190 valence electrons. The molecule has 0 radical (unpaired) electrons. The molecule has 1 aromatic carbocycles. The summed E-state index contributed by atoms with van der Waals surface area (Å²) in [6, 6.07) is 10.9. The summed E-state index contributed by atoms with van der Waals surface area (Å²) < 4.78 is 20.3. The van der Waals surface area contributed by atoms with Gasteiger partial charge in [0.15, 0.2) is 5.65 Å². The third kappa shape index (κ3) is 4.80. The molecule has 4 aromatic heterocycles. The van der Waals surface area contributed by atoms with Crippen molar-refractivity contribution >= 4 is 21.9 Å². The van der Waals surface area contributed by atoms with Gasteiger partial charge in [-0.05, 0) is 81.8 Å². The van der Waals surface area contributed by atoms with Crippen LogP contribution >= 0.6 is 0 Å². The molecule has 9 heteroatoms. The standard InChI is InChI=1S/C28H30FN7O/c1-36(2)9-10-37-21-12-18(11-20(29)14-21)26-22-15-25(33-24(22)5-8-31-26)27-23-13-19(16-32-28(23)35-34-27)17-3-6-30-7-4-17/h5,8,11-17,30,33H,3-4,6-7,9-10H2,1-2H3,(H,32,34,35). The van der Waals surface area contributed by atoms with E-state index in [1.807, 2.05) is 43.4 Å². The van der Waals surface area contributed by atoms with Crippen LogP contribution in [0.15, 0.2) is 48.8 Å². The first-order valence-electron chi connectivity index (χ1n) is 12.7. The van der Waals surface area contributed by atoms with E-state index in [4.69, 9.17) is 4.74 Å². The molecule has 0 atom stereocenters. The van der Waals surface area contributed by atoms with Crippen molar-refractivity contribution in [3.63, 3.8) is 0 Å². The molecule has 0 spiro atoms. The Hall–Kier alpha value is -3.82. The van der Waals surface area contributed by atoms with E-state index in [-0.39, 0.29) is 5.82 Å². The van der Waals surface area contributed by atoms with E-state index in [1.54, 1.807) is 6.20 Å². The Morgan fingerprint density at radius 2 is 1.92 bits per heavy atom. The van der Waals surface area contributed by atoms with Crippen molar-refractivity contribution in [3.05, 3.63) is 60.2 Å². The Balaban J connectivity index is 1.37. The average Bonchev–Trinajstić information content (AvgIpc) is 3.52. The Labute approximate surface area is 214 Å². The number of ether oxygens (including phenoxy) is 1. The predicted molar refractivity (Wildman–Crippen MR) is 143 cm³/mol.